The van der Waals surface area contributed by atoms with Gasteiger partial charge < -0.3 is 4.42 Å². The Morgan fingerprint density at radius 3 is 2.56 bits per heavy atom. The minimum absolute atomic E-state index is 0.222. The summed E-state index contributed by atoms with van der Waals surface area (Å²) in [5.74, 6) is 0.954. The normalized spacial score (nSPS) is 12.7. The zero-order valence-corrected chi connectivity index (χ0v) is 12.1. The second-order valence-corrected chi connectivity index (χ2v) is 5.63. The maximum atomic E-state index is 5.53. The van der Waals surface area contributed by atoms with E-state index in [1.807, 2.05) is 12.1 Å². The molecule has 0 aliphatic carbocycles. The molecule has 1 unspecified atom stereocenters. The number of halogens is 2. The van der Waals surface area contributed by atoms with Gasteiger partial charge in [-0.1, -0.05) is 40.2 Å². The highest BCUT2D eigenvalue weighted by Crippen LogP contribution is 2.30. The molecule has 1 aromatic carbocycles. The number of hydrogen-bond donors (Lipinski definition) is 0. The second kappa shape index (κ2) is 5.19. The van der Waals surface area contributed by atoms with Crippen LogP contribution in [0.2, 0.25) is 0 Å². The highest BCUT2D eigenvalue weighted by Gasteiger charge is 2.13. The Morgan fingerprint density at radius 1 is 1.19 bits per heavy atom. The van der Waals surface area contributed by atoms with Crippen molar-refractivity contribution < 1.29 is 4.42 Å². The average molecular weight is 344 g/mol. The maximum Gasteiger partial charge on any atom is 0.169 e. The molecule has 0 aliphatic heterocycles. The fourth-order valence-electron chi connectivity index (χ4n) is 1.63. The Hall–Kier alpha value is -0.540. The van der Waals surface area contributed by atoms with E-state index in [9.17, 15) is 0 Å². The summed E-state index contributed by atoms with van der Waals surface area (Å²) in [5.41, 5.74) is 2.66. The van der Waals surface area contributed by atoms with Gasteiger partial charge in [0.25, 0.3) is 0 Å². The molecule has 1 atom stereocenters. The van der Waals surface area contributed by atoms with E-state index in [-0.39, 0.29) is 4.83 Å². The number of rotatable bonds is 3. The Bertz CT molecular complexity index is 476. The minimum Gasteiger partial charge on any atom is -0.453 e. The van der Waals surface area contributed by atoms with Gasteiger partial charge in [0.1, 0.15) is 5.76 Å². The molecule has 0 radical (unpaired) electrons. The summed E-state index contributed by atoms with van der Waals surface area (Å²) >= 11 is 6.97. The van der Waals surface area contributed by atoms with E-state index in [1.165, 1.54) is 11.1 Å². The zero-order valence-electron chi connectivity index (χ0n) is 8.91. The van der Waals surface area contributed by atoms with Gasteiger partial charge in [0.05, 0.1) is 4.83 Å². The lowest BCUT2D eigenvalue weighted by molar-refractivity contribution is 0.485. The molecule has 0 saturated heterocycles. The predicted octanol–water partition coefficient (Wildman–Crippen LogP) is 5.03. The molecule has 84 valence electrons. The van der Waals surface area contributed by atoms with Crippen LogP contribution in [0.4, 0.5) is 0 Å². The molecule has 16 heavy (non-hydrogen) atoms. The minimum atomic E-state index is 0.222. The lowest BCUT2D eigenvalue weighted by atomic mass is 10.0. The van der Waals surface area contributed by atoms with E-state index < -0.39 is 0 Å². The van der Waals surface area contributed by atoms with Crippen molar-refractivity contribution in [2.75, 3.05) is 0 Å². The largest absolute Gasteiger partial charge is 0.453 e. The van der Waals surface area contributed by atoms with Crippen LogP contribution in [0.3, 0.4) is 0 Å². The van der Waals surface area contributed by atoms with Gasteiger partial charge in [-0.2, -0.15) is 0 Å². The smallest absolute Gasteiger partial charge is 0.169 e. The highest BCUT2D eigenvalue weighted by atomic mass is 79.9. The summed E-state index contributed by atoms with van der Waals surface area (Å²) in [6, 6.07) is 12.3. The first kappa shape index (κ1) is 11.9. The van der Waals surface area contributed by atoms with Gasteiger partial charge in [-0.25, -0.2) is 0 Å². The Kier molecular flexibility index (Phi) is 3.87. The van der Waals surface area contributed by atoms with Crippen LogP contribution in [-0.4, -0.2) is 0 Å². The highest BCUT2D eigenvalue weighted by molar-refractivity contribution is 9.10. The van der Waals surface area contributed by atoms with Crippen LogP contribution in [0.1, 0.15) is 21.7 Å². The molecule has 3 heteroatoms. The van der Waals surface area contributed by atoms with Gasteiger partial charge in [-0.3, -0.25) is 0 Å². The lowest BCUT2D eigenvalue weighted by Crippen LogP contribution is -1.95. The van der Waals surface area contributed by atoms with Crippen molar-refractivity contribution in [2.45, 2.75) is 18.2 Å². The van der Waals surface area contributed by atoms with Crippen molar-refractivity contribution in [1.82, 2.24) is 0 Å². The van der Waals surface area contributed by atoms with Crippen LogP contribution in [0, 0.1) is 6.92 Å². The summed E-state index contributed by atoms with van der Waals surface area (Å²) in [6.07, 6.45) is 0.937. The third-order valence-electron chi connectivity index (χ3n) is 2.56. The fourth-order valence-corrected chi connectivity index (χ4v) is 2.54. The summed E-state index contributed by atoms with van der Waals surface area (Å²) in [6.45, 7) is 2.13. The summed E-state index contributed by atoms with van der Waals surface area (Å²) in [5, 5.41) is 0. The number of aryl methyl sites for hydroxylation is 1. The zero-order chi connectivity index (χ0) is 11.5. The van der Waals surface area contributed by atoms with E-state index in [0.717, 1.165) is 16.9 Å². The monoisotopic (exact) mass is 342 g/mol. The number of furan rings is 1. The maximum absolute atomic E-state index is 5.53. The van der Waals surface area contributed by atoms with Crippen LogP contribution < -0.4 is 0 Å². The first-order valence-electron chi connectivity index (χ1n) is 5.10. The first-order valence-corrected chi connectivity index (χ1v) is 6.81. The Morgan fingerprint density at radius 2 is 1.94 bits per heavy atom. The number of hydrogen-bond acceptors (Lipinski definition) is 1. The van der Waals surface area contributed by atoms with E-state index in [4.69, 9.17) is 4.42 Å². The Balaban J connectivity index is 2.13. The number of benzene rings is 1. The third kappa shape index (κ3) is 2.77. The summed E-state index contributed by atoms with van der Waals surface area (Å²) < 4.78 is 6.30. The van der Waals surface area contributed by atoms with Crippen LogP contribution >= 0.6 is 31.9 Å². The molecule has 0 saturated carbocycles. The molecule has 2 rings (SSSR count). The summed E-state index contributed by atoms with van der Waals surface area (Å²) in [7, 11) is 0. The molecule has 1 nitrogen and oxygen atoms in total. The molecule has 0 N–H and O–H groups in total. The molecule has 0 bridgehead atoms. The average Bonchev–Trinajstić information content (AvgIpc) is 2.68. The molecular weight excluding hydrogens is 332 g/mol. The van der Waals surface area contributed by atoms with E-state index in [1.54, 1.807) is 0 Å². The molecular formula is C13H12Br2O. The Labute approximate surface area is 112 Å². The summed E-state index contributed by atoms with van der Waals surface area (Å²) in [4.78, 5) is 0.222. The first-order chi connectivity index (χ1) is 7.66. The second-order valence-electron chi connectivity index (χ2n) is 3.74. The number of alkyl halides is 1. The molecule has 0 amide bonds. The van der Waals surface area contributed by atoms with Crippen molar-refractivity contribution >= 4 is 31.9 Å². The van der Waals surface area contributed by atoms with Gasteiger partial charge in [0, 0.05) is 0 Å². The van der Waals surface area contributed by atoms with Crippen molar-refractivity contribution in [1.29, 1.82) is 0 Å². The molecule has 0 fully saturated rings. The van der Waals surface area contributed by atoms with Gasteiger partial charge in [0.15, 0.2) is 4.67 Å². The van der Waals surface area contributed by atoms with E-state index >= 15 is 0 Å². The molecule has 2 aromatic rings. The predicted molar refractivity (Wildman–Crippen MR) is 73.0 cm³/mol. The molecule has 1 heterocycles. The molecule has 0 aliphatic rings. The van der Waals surface area contributed by atoms with Crippen LogP contribution in [0.5, 0.6) is 0 Å². The van der Waals surface area contributed by atoms with Gasteiger partial charge in [-0.15, -0.1) is 0 Å². The van der Waals surface area contributed by atoms with E-state index in [2.05, 4.69) is 63.0 Å². The van der Waals surface area contributed by atoms with Crippen LogP contribution in [0.15, 0.2) is 45.5 Å². The molecule has 0 spiro atoms. The standard InChI is InChI=1S/C13H12Br2O/c1-9-4-2-3-5-10(9)8-11(14)12-6-7-13(15)16-12/h2-7,11H,8H2,1H3. The van der Waals surface area contributed by atoms with Gasteiger partial charge in [0.2, 0.25) is 0 Å². The fraction of sp³-hybridized carbons (Fsp3) is 0.231. The molecule has 1 aromatic heterocycles. The van der Waals surface area contributed by atoms with Gasteiger partial charge >= 0.3 is 0 Å². The third-order valence-corrected chi connectivity index (χ3v) is 3.76. The van der Waals surface area contributed by atoms with Crippen LogP contribution in [0.25, 0.3) is 0 Å². The van der Waals surface area contributed by atoms with Crippen molar-refractivity contribution in [3.05, 3.63) is 58.0 Å². The van der Waals surface area contributed by atoms with Crippen LogP contribution in [-0.2, 0) is 6.42 Å². The van der Waals surface area contributed by atoms with E-state index in [0.29, 0.717) is 0 Å². The van der Waals surface area contributed by atoms with Gasteiger partial charge in [-0.05, 0) is 52.5 Å². The van der Waals surface area contributed by atoms with Crippen molar-refractivity contribution in [2.24, 2.45) is 0 Å². The quantitative estimate of drug-likeness (QED) is 0.712. The van der Waals surface area contributed by atoms with Crippen molar-refractivity contribution in [3.8, 4) is 0 Å². The SMILES string of the molecule is Cc1ccccc1CC(Br)c1ccc(Br)o1. The lowest BCUT2D eigenvalue weighted by Gasteiger charge is -2.09. The van der Waals surface area contributed by atoms with Crippen molar-refractivity contribution in [3.63, 3.8) is 0 Å². The topological polar surface area (TPSA) is 13.1 Å².